The number of aromatic nitrogens is 2. The Balaban J connectivity index is 1.95. The molecular formula is C17H11BrN2O2S. The lowest BCUT2D eigenvalue weighted by Gasteiger charge is -2.26. The number of thioether (sulfide) groups is 1. The lowest BCUT2D eigenvalue weighted by molar-refractivity contribution is 0.0689. The van der Waals surface area contributed by atoms with Crippen LogP contribution in [0, 0.1) is 0 Å². The molecule has 1 aromatic heterocycles. The number of hydrogen-bond acceptors (Lipinski definition) is 3. The van der Waals surface area contributed by atoms with E-state index in [1.165, 1.54) is 5.56 Å². The van der Waals surface area contributed by atoms with E-state index in [2.05, 4.69) is 39.1 Å². The van der Waals surface area contributed by atoms with Crippen LogP contribution in [0.4, 0.5) is 0 Å². The molecule has 0 saturated carbocycles. The summed E-state index contributed by atoms with van der Waals surface area (Å²) < 4.78 is 2.34. The van der Waals surface area contributed by atoms with Crippen LogP contribution in [0.15, 0.2) is 64.4 Å². The zero-order valence-electron chi connectivity index (χ0n) is 11.8. The summed E-state index contributed by atoms with van der Waals surface area (Å²) in [5, 5.41) is 10.1. The Hall–Kier alpha value is -2.05. The second-order valence-electron chi connectivity index (χ2n) is 5.14. The molecule has 2 aromatic carbocycles. The molecule has 1 aliphatic rings. The van der Waals surface area contributed by atoms with Gasteiger partial charge in [0.2, 0.25) is 0 Å². The quantitative estimate of drug-likeness (QED) is 0.702. The van der Waals surface area contributed by atoms with Crippen molar-refractivity contribution in [1.29, 1.82) is 0 Å². The van der Waals surface area contributed by atoms with Crippen molar-refractivity contribution in [2.24, 2.45) is 0 Å². The Kier molecular flexibility index (Phi) is 3.50. The normalized spacial score (nSPS) is 15.8. The number of rotatable bonds is 2. The van der Waals surface area contributed by atoms with E-state index in [1.54, 1.807) is 11.8 Å². The van der Waals surface area contributed by atoms with Gasteiger partial charge in [-0.15, -0.1) is 0 Å². The molecule has 2 heterocycles. The van der Waals surface area contributed by atoms with Crippen LogP contribution < -0.4 is 0 Å². The van der Waals surface area contributed by atoms with E-state index in [1.807, 2.05) is 41.0 Å². The predicted octanol–water partition coefficient (Wildman–Crippen LogP) is 4.53. The van der Waals surface area contributed by atoms with Gasteiger partial charge in [0.15, 0.2) is 10.9 Å². The van der Waals surface area contributed by atoms with Crippen LogP contribution in [0.5, 0.6) is 0 Å². The molecule has 0 radical (unpaired) electrons. The number of carboxylic acid groups (broad SMARTS) is 1. The van der Waals surface area contributed by atoms with Gasteiger partial charge in [0.25, 0.3) is 0 Å². The summed E-state index contributed by atoms with van der Waals surface area (Å²) in [4.78, 5) is 15.7. The minimum atomic E-state index is -1.03. The largest absolute Gasteiger partial charge is 0.476 e. The summed E-state index contributed by atoms with van der Waals surface area (Å²) in [5.41, 5.74) is 3.32. The minimum Gasteiger partial charge on any atom is -0.476 e. The van der Waals surface area contributed by atoms with Crippen molar-refractivity contribution in [2.75, 3.05) is 0 Å². The van der Waals surface area contributed by atoms with Gasteiger partial charge in [0.05, 0.1) is 10.9 Å². The Bertz CT molecular complexity index is 908. The average Bonchev–Trinajstić information content (AvgIpc) is 2.92. The van der Waals surface area contributed by atoms with Crippen molar-refractivity contribution in [3.8, 4) is 5.69 Å². The number of imidazole rings is 1. The lowest BCUT2D eigenvalue weighted by atomic mass is 10.0. The van der Waals surface area contributed by atoms with Gasteiger partial charge in [-0.25, -0.2) is 9.78 Å². The van der Waals surface area contributed by atoms with Crippen LogP contribution in [0.1, 0.15) is 26.9 Å². The molecule has 0 amide bonds. The third-order valence-electron chi connectivity index (χ3n) is 3.78. The van der Waals surface area contributed by atoms with Crippen LogP contribution in [-0.4, -0.2) is 20.6 Å². The molecule has 0 spiro atoms. The first kappa shape index (κ1) is 14.5. The van der Waals surface area contributed by atoms with E-state index in [-0.39, 0.29) is 10.9 Å². The average molecular weight is 387 g/mol. The van der Waals surface area contributed by atoms with Crippen LogP contribution in [0.2, 0.25) is 0 Å². The third kappa shape index (κ3) is 2.29. The first-order valence-corrected chi connectivity index (χ1v) is 8.66. The summed E-state index contributed by atoms with van der Waals surface area (Å²) in [6.45, 7) is 0. The summed E-state index contributed by atoms with van der Waals surface area (Å²) in [6, 6.07) is 18.2. The monoisotopic (exact) mass is 386 g/mol. The maximum atomic E-state index is 11.4. The standard InChI is InChI=1S/C17H11BrN2O2S/c18-15-13(16(21)22)19-17-20(15)12-9-5-4-8-11(12)14(23-17)10-6-2-1-3-7-10/h1-9,14H,(H,21,22). The minimum absolute atomic E-state index is 0.0380. The molecule has 1 atom stereocenters. The molecule has 0 bridgehead atoms. The van der Waals surface area contributed by atoms with Gasteiger partial charge in [-0.1, -0.05) is 60.3 Å². The Morgan fingerprint density at radius 2 is 1.83 bits per heavy atom. The number of hydrogen-bond donors (Lipinski definition) is 1. The molecule has 1 N–H and O–H groups in total. The summed E-state index contributed by atoms with van der Waals surface area (Å²) in [6.07, 6.45) is 0. The molecular weight excluding hydrogens is 376 g/mol. The highest BCUT2D eigenvalue weighted by Gasteiger charge is 2.31. The number of para-hydroxylation sites is 1. The summed E-state index contributed by atoms with van der Waals surface area (Å²) in [5.74, 6) is -1.03. The molecule has 0 aliphatic carbocycles. The summed E-state index contributed by atoms with van der Waals surface area (Å²) in [7, 11) is 0. The topological polar surface area (TPSA) is 55.1 Å². The first-order valence-electron chi connectivity index (χ1n) is 6.99. The highest BCUT2D eigenvalue weighted by atomic mass is 79.9. The SMILES string of the molecule is O=C(O)c1nc2n(c1Br)-c1ccccc1C(c1ccccc1)S2. The third-order valence-corrected chi connectivity index (χ3v) is 5.76. The van der Waals surface area contributed by atoms with Gasteiger partial charge < -0.3 is 5.11 Å². The number of carboxylic acids is 1. The Morgan fingerprint density at radius 1 is 1.13 bits per heavy atom. The van der Waals surface area contributed by atoms with Crippen molar-refractivity contribution in [1.82, 2.24) is 9.55 Å². The molecule has 1 unspecified atom stereocenters. The van der Waals surface area contributed by atoms with Gasteiger partial charge >= 0.3 is 5.97 Å². The molecule has 4 rings (SSSR count). The lowest BCUT2D eigenvalue weighted by Crippen LogP contribution is -2.11. The fourth-order valence-electron chi connectivity index (χ4n) is 2.76. The van der Waals surface area contributed by atoms with Gasteiger partial charge in [-0.3, -0.25) is 4.57 Å². The van der Waals surface area contributed by atoms with Crippen molar-refractivity contribution in [2.45, 2.75) is 10.4 Å². The number of fused-ring (bicyclic) bond motifs is 3. The van der Waals surface area contributed by atoms with E-state index in [0.29, 0.717) is 9.76 Å². The Labute approximate surface area is 145 Å². The fourth-order valence-corrected chi connectivity index (χ4v) is 4.77. The first-order chi connectivity index (χ1) is 11.2. The molecule has 1 aliphatic heterocycles. The van der Waals surface area contributed by atoms with Crippen LogP contribution in [-0.2, 0) is 0 Å². The summed E-state index contributed by atoms with van der Waals surface area (Å²) >= 11 is 4.95. The van der Waals surface area contributed by atoms with Crippen LogP contribution >= 0.6 is 27.7 Å². The molecule has 3 aromatic rings. The smallest absolute Gasteiger partial charge is 0.357 e. The maximum absolute atomic E-state index is 11.4. The molecule has 114 valence electrons. The van der Waals surface area contributed by atoms with Crippen molar-refractivity contribution in [3.63, 3.8) is 0 Å². The molecule has 23 heavy (non-hydrogen) atoms. The predicted molar refractivity (Wildman–Crippen MR) is 92.4 cm³/mol. The zero-order valence-corrected chi connectivity index (χ0v) is 14.2. The number of carbonyl (C=O) groups is 1. The molecule has 0 fully saturated rings. The van der Waals surface area contributed by atoms with Gasteiger partial charge in [0, 0.05) is 0 Å². The van der Waals surface area contributed by atoms with Crippen molar-refractivity contribution < 1.29 is 9.90 Å². The molecule has 0 saturated heterocycles. The van der Waals surface area contributed by atoms with E-state index in [4.69, 9.17) is 0 Å². The van der Waals surface area contributed by atoms with Crippen molar-refractivity contribution >= 4 is 33.7 Å². The molecule has 4 nitrogen and oxygen atoms in total. The van der Waals surface area contributed by atoms with E-state index in [9.17, 15) is 9.90 Å². The fraction of sp³-hybridized carbons (Fsp3) is 0.0588. The number of benzene rings is 2. The highest BCUT2D eigenvalue weighted by Crippen LogP contribution is 2.48. The maximum Gasteiger partial charge on any atom is 0.357 e. The second-order valence-corrected chi connectivity index (χ2v) is 6.97. The van der Waals surface area contributed by atoms with Gasteiger partial charge in [0.1, 0.15) is 4.60 Å². The number of nitrogens with zero attached hydrogens (tertiary/aromatic N) is 2. The zero-order chi connectivity index (χ0) is 16.0. The van der Waals surface area contributed by atoms with E-state index in [0.717, 1.165) is 11.3 Å². The van der Waals surface area contributed by atoms with Gasteiger partial charge in [-0.05, 0) is 33.1 Å². The second kappa shape index (κ2) is 5.54. The Morgan fingerprint density at radius 3 is 2.57 bits per heavy atom. The highest BCUT2D eigenvalue weighted by molar-refractivity contribution is 9.10. The number of halogens is 1. The van der Waals surface area contributed by atoms with E-state index < -0.39 is 5.97 Å². The van der Waals surface area contributed by atoms with Crippen molar-refractivity contribution in [3.05, 3.63) is 76.0 Å². The number of aromatic carboxylic acids is 1. The van der Waals surface area contributed by atoms with Crippen LogP contribution in [0.25, 0.3) is 5.69 Å². The van der Waals surface area contributed by atoms with E-state index >= 15 is 0 Å². The molecule has 6 heteroatoms. The van der Waals surface area contributed by atoms with Gasteiger partial charge in [-0.2, -0.15) is 0 Å². The van der Waals surface area contributed by atoms with Crippen LogP contribution in [0.3, 0.4) is 0 Å².